The zero-order valence-corrected chi connectivity index (χ0v) is 25.2. The van der Waals surface area contributed by atoms with Crippen molar-refractivity contribution in [1.29, 1.82) is 0 Å². The summed E-state index contributed by atoms with van der Waals surface area (Å²) in [6.45, 7) is 25.0. The van der Waals surface area contributed by atoms with E-state index in [-0.39, 0.29) is 40.4 Å². The van der Waals surface area contributed by atoms with Crippen LogP contribution in [0.25, 0.3) is 0 Å². The molecule has 1 aromatic carbocycles. The molecule has 2 saturated carbocycles. The number of aliphatic imine (C=N–C) groups is 1. The van der Waals surface area contributed by atoms with Crippen molar-refractivity contribution in [3.63, 3.8) is 0 Å². The number of hydrogen-bond acceptors (Lipinski definition) is 1. The van der Waals surface area contributed by atoms with Gasteiger partial charge in [0.25, 0.3) is 0 Å². The Morgan fingerprint density at radius 2 is 1.00 bits per heavy atom. The molecule has 0 aromatic heterocycles. The molecule has 2 aliphatic carbocycles. The Labute approximate surface area is 233 Å². The molecule has 1 heterocycles. The van der Waals surface area contributed by atoms with Crippen LogP contribution >= 0.6 is 0 Å². The van der Waals surface area contributed by atoms with Gasteiger partial charge in [0.15, 0.2) is 0 Å². The Bertz CT molecular complexity index is 564. The predicted molar refractivity (Wildman–Crippen MR) is 138 cm³/mol. The molecule has 2 heteroatoms. The zero-order valence-electron chi connectivity index (χ0n) is 22.6. The summed E-state index contributed by atoms with van der Waals surface area (Å²) < 4.78 is 0. The van der Waals surface area contributed by atoms with Crippen LogP contribution in [0.5, 0.6) is 0 Å². The van der Waals surface area contributed by atoms with E-state index in [2.05, 4.69) is 86.4 Å². The summed E-state index contributed by atoms with van der Waals surface area (Å²) in [7, 11) is 0. The molecule has 1 radical (unpaired) electrons. The van der Waals surface area contributed by atoms with Gasteiger partial charge in [-0.25, -0.2) is 0 Å². The van der Waals surface area contributed by atoms with Crippen molar-refractivity contribution in [2.75, 3.05) is 6.54 Å². The third kappa shape index (κ3) is 7.36. The number of hydrogen-bond donors (Lipinski definition) is 0. The summed E-state index contributed by atoms with van der Waals surface area (Å²) in [5.74, 6) is 9.35. The van der Waals surface area contributed by atoms with E-state index in [0.29, 0.717) is 0 Å². The van der Waals surface area contributed by atoms with Gasteiger partial charge in [0.2, 0.25) is 0 Å². The second kappa shape index (κ2) is 13.9. The normalized spacial score (nSPS) is 40.4. The molecule has 32 heavy (non-hydrogen) atoms. The maximum Gasteiger partial charge on any atom is 3.00 e. The molecule has 0 saturated heterocycles. The van der Waals surface area contributed by atoms with Gasteiger partial charge in [-0.2, -0.15) is 0 Å². The molecular weight excluding hydrogens is 525 g/mol. The Hall–Kier alpha value is 0.228. The van der Waals surface area contributed by atoms with Crippen LogP contribution in [0.1, 0.15) is 87.6 Å². The fourth-order valence-electron chi connectivity index (χ4n) is 6.12. The summed E-state index contributed by atoms with van der Waals surface area (Å²) >= 11 is 0. The molecule has 4 rings (SSSR count). The van der Waals surface area contributed by atoms with E-state index < -0.39 is 0 Å². The summed E-state index contributed by atoms with van der Waals surface area (Å²) in [6, 6.07) is 11.2. The van der Waals surface area contributed by atoms with Crippen LogP contribution in [-0.4, -0.2) is 12.3 Å². The van der Waals surface area contributed by atoms with Gasteiger partial charge < -0.3 is 4.99 Å². The first-order valence-corrected chi connectivity index (χ1v) is 13.1. The van der Waals surface area contributed by atoms with Crippen molar-refractivity contribution in [3.05, 3.63) is 35.9 Å². The quantitative estimate of drug-likeness (QED) is 0.299. The summed E-state index contributed by atoms with van der Waals surface area (Å²) in [5.41, 5.74) is 2.40. The third-order valence-corrected chi connectivity index (χ3v) is 10.2. The van der Waals surface area contributed by atoms with Crippen LogP contribution in [-0.2, 0) is 0 Å². The van der Waals surface area contributed by atoms with Gasteiger partial charge in [0.1, 0.15) is 0 Å². The Kier molecular flexibility index (Phi) is 13.2. The first-order chi connectivity index (χ1) is 14.6. The third-order valence-electron chi connectivity index (χ3n) is 10.2. The largest absolute Gasteiger partial charge is 3.00 e. The number of nitrogens with zero attached hydrogens (tertiary/aromatic N) is 1. The molecule has 0 amide bonds. The maximum atomic E-state index is 4.39. The standard InChI is InChI=1S/C10H10N.2C10H20.Sm/c1-2-5-9(6-3-1)10-7-4-8-11-10;2*1-6-7(2)9(4)10(5)8(6)3;/h1-3,5H,4,7-8H2;2*6-10H,1-5H3;/q-1;;;+3. The molecule has 0 N–H and O–H groups in total. The second-order valence-electron chi connectivity index (χ2n) is 11.3. The first-order valence-electron chi connectivity index (χ1n) is 13.1. The van der Waals surface area contributed by atoms with E-state index in [1.165, 1.54) is 17.7 Å². The van der Waals surface area contributed by atoms with Crippen LogP contribution in [0, 0.1) is 106 Å². The van der Waals surface area contributed by atoms with Gasteiger partial charge in [-0.15, -0.1) is 35.9 Å². The summed E-state index contributed by atoms with van der Waals surface area (Å²) in [6.07, 6.45) is 2.33. The molecule has 2 fully saturated rings. The minimum absolute atomic E-state index is 0. The van der Waals surface area contributed by atoms with E-state index in [1.807, 2.05) is 18.2 Å². The van der Waals surface area contributed by atoms with Crippen LogP contribution in [0.3, 0.4) is 0 Å². The fraction of sp³-hybridized carbons (Fsp3) is 0.767. The second-order valence-corrected chi connectivity index (χ2v) is 11.3. The molecule has 179 valence electrons. The molecule has 3 aliphatic rings. The van der Waals surface area contributed by atoms with E-state index in [0.717, 1.165) is 72.1 Å². The van der Waals surface area contributed by atoms with E-state index in [4.69, 9.17) is 0 Å². The van der Waals surface area contributed by atoms with Crippen LogP contribution in [0.15, 0.2) is 29.3 Å². The van der Waals surface area contributed by atoms with Gasteiger partial charge >= 0.3 is 40.4 Å². The van der Waals surface area contributed by atoms with E-state index in [9.17, 15) is 0 Å². The average molecular weight is 575 g/mol. The topological polar surface area (TPSA) is 12.4 Å². The summed E-state index contributed by atoms with van der Waals surface area (Å²) in [5, 5.41) is 0. The fourth-order valence-corrected chi connectivity index (χ4v) is 6.12. The number of benzene rings is 1. The minimum atomic E-state index is 0. The molecular formula is C30H50NSm+2. The van der Waals surface area contributed by atoms with Crippen molar-refractivity contribution < 1.29 is 40.4 Å². The molecule has 1 aliphatic heterocycles. The monoisotopic (exact) mass is 576 g/mol. The van der Waals surface area contributed by atoms with Crippen LogP contribution < -0.4 is 0 Å². The SMILES string of the molecule is CC1C(C)C(C)C(C)C1C.CC1C(C)C(C)C(C)C1C.[Sm+3].[c-]1ccccc1C1=NCCC1. The van der Waals surface area contributed by atoms with Gasteiger partial charge in [-0.3, -0.25) is 0 Å². The number of rotatable bonds is 1. The van der Waals surface area contributed by atoms with Crippen LogP contribution in [0.4, 0.5) is 0 Å². The van der Waals surface area contributed by atoms with E-state index in [1.54, 1.807) is 0 Å². The molecule has 0 spiro atoms. The van der Waals surface area contributed by atoms with Crippen LogP contribution in [0.2, 0.25) is 0 Å². The first kappa shape index (κ1) is 30.3. The van der Waals surface area contributed by atoms with Gasteiger partial charge in [-0.1, -0.05) is 69.2 Å². The smallest absolute Gasteiger partial charge is 0.337 e. The Morgan fingerprint density at radius 3 is 1.25 bits per heavy atom. The van der Waals surface area contributed by atoms with Gasteiger partial charge in [-0.05, 0) is 77.7 Å². The van der Waals surface area contributed by atoms with Crippen molar-refractivity contribution in [2.24, 2.45) is 64.2 Å². The molecule has 0 bridgehead atoms. The Morgan fingerprint density at radius 1 is 0.625 bits per heavy atom. The minimum Gasteiger partial charge on any atom is -0.337 e. The molecule has 1 aromatic rings. The maximum absolute atomic E-state index is 4.39. The van der Waals surface area contributed by atoms with Crippen molar-refractivity contribution >= 4 is 5.71 Å². The van der Waals surface area contributed by atoms with Crippen molar-refractivity contribution in [3.8, 4) is 0 Å². The van der Waals surface area contributed by atoms with E-state index >= 15 is 0 Å². The average Bonchev–Trinajstić information content (AvgIpc) is 3.44. The predicted octanol–water partition coefficient (Wildman–Crippen LogP) is 8.43. The van der Waals surface area contributed by atoms with Gasteiger partial charge in [0, 0.05) is 6.54 Å². The van der Waals surface area contributed by atoms with Gasteiger partial charge in [0.05, 0.1) is 0 Å². The molecule has 1 nitrogen and oxygen atoms in total. The van der Waals surface area contributed by atoms with Crippen molar-refractivity contribution in [1.82, 2.24) is 0 Å². The Balaban J connectivity index is 0.000000237. The zero-order chi connectivity index (χ0) is 23.3. The van der Waals surface area contributed by atoms with Crippen molar-refractivity contribution in [2.45, 2.75) is 82.1 Å². The summed E-state index contributed by atoms with van der Waals surface area (Å²) in [4.78, 5) is 4.39. The molecule has 0 atom stereocenters. The molecule has 0 unspecified atom stereocenters.